The summed E-state index contributed by atoms with van der Waals surface area (Å²) in [6.07, 6.45) is 4.53. The standard InChI is InChI=1S/C23H29NO/c1-6-17(2)19-10-14-21(15-11-19)24-22(25)16-9-18-7-12-20(13-8-18)23(3,4)5/h7-17H,6H2,1-5H3,(H,24,25). The van der Waals surface area contributed by atoms with Crippen molar-refractivity contribution in [1.29, 1.82) is 0 Å². The molecular formula is C23H29NO. The molecule has 0 radical (unpaired) electrons. The molecule has 0 aliphatic rings. The monoisotopic (exact) mass is 335 g/mol. The fraction of sp³-hybridized carbons (Fsp3) is 0.348. The largest absolute Gasteiger partial charge is 0.323 e. The number of hydrogen-bond acceptors (Lipinski definition) is 1. The molecule has 0 aliphatic carbocycles. The fourth-order valence-corrected chi connectivity index (χ4v) is 2.58. The van der Waals surface area contributed by atoms with Gasteiger partial charge in [-0.1, -0.05) is 71.0 Å². The summed E-state index contributed by atoms with van der Waals surface area (Å²) in [5, 5.41) is 2.91. The van der Waals surface area contributed by atoms with Crippen LogP contribution in [0.15, 0.2) is 54.6 Å². The Morgan fingerprint density at radius 1 is 1.04 bits per heavy atom. The molecule has 1 unspecified atom stereocenters. The predicted molar refractivity (Wildman–Crippen MR) is 108 cm³/mol. The maximum atomic E-state index is 12.1. The van der Waals surface area contributed by atoms with Gasteiger partial charge in [0.1, 0.15) is 0 Å². The lowest BCUT2D eigenvalue weighted by atomic mass is 9.87. The highest BCUT2D eigenvalue weighted by Crippen LogP contribution is 2.23. The van der Waals surface area contributed by atoms with Crippen LogP contribution in [0.25, 0.3) is 6.08 Å². The molecule has 0 saturated heterocycles. The van der Waals surface area contributed by atoms with Crippen LogP contribution >= 0.6 is 0 Å². The van der Waals surface area contributed by atoms with Gasteiger partial charge in [0, 0.05) is 11.8 Å². The van der Waals surface area contributed by atoms with Crippen LogP contribution < -0.4 is 5.32 Å². The molecule has 0 saturated carbocycles. The Balaban J connectivity index is 1.96. The highest BCUT2D eigenvalue weighted by atomic mass is 16.1. The molecule has 2 aromatic carbocycles. The third kappa shape index (κ3) is 5.60. The molecule has 1 N–H and O–H groups in total. The van der Waals surface area contributed by atoms with Crippen molar-refractivity contribution < 1.29 is 4.79 Å². The Morgan fingerprint density at radius 3 is 2.16 bits per heavy atom. The van der Waals surface area contributed by atoms with E-state index >= 15 is 0 Å². The van der Waals surface area contributed by atoms with Crippen LogP contribution in [-0.4, -0.2) is 5.91 Å². The molecule has 0 bridgehead atoms. The molecular weight excluding hydrogens is 306 g/mol. The summed E-state index contributed by atoms with van der Waals surface area (Å²) in [5.74, 6) is 0.428. The first-order valence-corrected chi connectivity index (χ1v) is 8.99. The minimum Gasteiger partial charge on any atom is -0.323 e. The molecule has 1 atom stereocenters. The van der Waals surface area contributed by atoms with E-state index in [1.165, 1.54) is 11.1 Å². The predicted octanol–water partition coefficient (Wildman–Crippen LogP) is 6.15. The lowest BCUT2D eigenvalue weighted by Crippen LogP contribution is -2.10. The van der Waals surface area contributed by atoms with E-state index in [9.17, 15) is 4.79 Å². The summed E-state index contributed by atoms with van der Waals surface area (Å²) in [5.41, 5.74) is 4.58. The van der Waals surface area contributed by atoms with Gasteiger partial charge in [-0.3, -0.25) is 4.79 Å². The van der Waals surface area contributed by atoms with E-state index in [1.54, 1.807) is 6.08 Å². The van der Waals surface area contributed by atoms with E-state index in [4.69, 9.17) is 0 Å². The number of anilines is 1. The van der Waals surface area contributed by atoms with E-state index in [-0.39, 0.29) is 11.3 Å². The molecule has 132 valence electrons. The highest BCUT2D eigenvalue weighted by molar-refractivity contribution is 6.01. The minimum absolute atomic E-state index is 0.115. The van der Waals surface area contributed by atoms with Crippen molar-refractivity contribution in [3.05, 3.63) is 71.3 Å². The van der Waals surface area contributed by atoms with Crippen molar-refractivity contribution in [2.75, 3.05) is 5.32 Å². The van der Waals surface area contributed by atoms with Crippen molar-refractivity contribution in [2.24, 2.45) is 0 Å². The number of carbonyl (C=O) groups excluding carboxylic acids is 1. The van der Waals surface area contributed by atoms with Crippen LogP contribution in [0, 0.1) is 0 Å². The van der Waals surface area contributed by atoms with Crippen molar-refractivity contribution in [1.82, 2.24) is 0 Å². The molecule has 0 heterocycles. The first kappa shape index (κ1) is 19.0. The van der Waals surface area contributed by atoms with Gasteiger partial charge >= 0.3 is 0 Å². The van der Waals surface area contributed by atoms with Gasteiger partial charge in [-0.25, -0.2) is 0 Å². The molecule has 0 aromatic heterocycles. The molecule has 2 rings (SSSR count). The van der Waals surface area contributed by atoms with Crippen molar-refractivity contribution in [3.63, 3.8) is 0 Å². The quantitative estimate of drug-likeness (QED) is 0.652. The Hall–Kier alpha value is -2.35. The summed E-state index contributed by atoms with van der Waals surface area (Å²) in [6.45, 7) is 11.0. The number of nitrogens with one attached hydrogen (secondary N) is 1. The smallest absolute Gasteiger partial charge is 0.248 e. The molecule has 2 aromatic rings. The molecule has 0 fully saturated rings. The average molecular weight is 335 g/mol. The molecule has 2 nitrogen and oxygen atoms in total. The Labute approximate surface area is 152 Å². The lowest BCUT2D eigenvalue weighted by molar-refractivity contribution is -0.111. The summed E-state index contributed by atoms with van der Waals surface area (Å²) in [7, 11) is 0. The van der Waals surface area contributed by atoms with E-state index in [1.807, 2.05) is 30.3 Å². The zero-order valence-corrected chi connectivity index (χ0v) is 16.0. The number of rotatable bonds is 5. The molecule has 1 amide bonds. The fourth-order valence-electron chi connectivity index (χ4n) is 2.58. The van der Waals surface area contributed by atoms with Gasteiger partial charge in [-0.2, -0.15) is 0 Å². The van der Waals surface area contributed by atoms with Crippen LogP contribution in [0.4, 0.5) is 5.69 Å². The normalized spacial score (nSPS) is 13.0. The second-order valence-corrected chi connectivity index (χ2v) is 7.63. The highest BCUT2D eigenvalue weighted by Gasteiger charge is 2.12. The maximum absolute atomic E-state index is 12.1. The zero-order chi connectivity index (χ0) is 18.4. The second-order valence-electron chi connectivity index (χ2n) is 7.63. The second kappa shape index (κ2) is 8.15. The van der Waals surface area contributed by atoms with Crippen LogP contribution in [0.2, 0.25) is 0 Å². The first-order valence-electron chi connectivity index (χ1n) is 8.99. The summed E-state index contributed by atoms with van der Waals surface area (Å²) >= 11 is 0. The van der Waals surface area contributed by atoms with Gasteiger partial charge in [0.25, 0.3) is 0 Å². The van der Waals surface area contributed by atoms with Crippen LogP contribution in [-0.2, 0) is 10.2 Å². The SMILES string of the molecule is CCC(C)c1ccc(NC(=O)C=Cc2ccc(C(C)(C)C)cc2)cc1. The Bertz CT molecular complexity index is 718. The maximum Gasteiger partial charge on any atom is 0.248 e. The van der Waals surface area contributed by atoms with Crippen LogP contribution in [0.1, 0.15) is 63.6 Å². The van der Waals surface area contributed by atoms with Gasteiger partial charge in [0.05, 0.1) is 0 Å². The van der Waals surface area contributed by atoms with E-state index in [2.05, 4.69) is 64.2 Å². The third-order valence-corrected chi connectivity index (χ3v) is 4.56. The molecule has 0 aliphatic heterocycles. The van der Waals surface area contributed by atoms with Gasteiger partial charge in [-0.15, -0.1) is 0 Å². The van der Waals surface area contributed by atoms with Crippen LogP contribution in [0.3, 0.4) is 0 Å². The van der Waals surface area contributed by atoms with Crippen molar-refractivity contribution in [2.45, 2.75) is 52.4 Å². The Kier molecular flexibility index (Phi) is 6.19. The topological polar surface area (TPSA) is 29.1 Å². The van der Waals surface area contributed by atoms with Crippen molar-refractivity contribution in [3.8, 4) is 0 Å². The summed E-state index contributed by atoms with van der Waals surface area (Å²) in [4.78, 5) is 12.1. The van der Waals surface area contributed by atoms with Gasteiger partial charge < -0.3 is 5.32 Å². The van der Waals surface area contributed by atoms with Gasteiger partial charge in [0.2, 0.25) is 5.91 Å². The number of carbonyl (C=O) groups is 1. The number of amides is 1. The number of hydrogen-bond donors (Lipinski definition) is 1. The zero-order valence-electron chi connectivity index (χ0n) is 16.0. The van der Waals surface area contributed by atoms with E-state index in [0.717, 1.165) is 17.7 Å². The summed E-state index contributed by atoms with van der Waals surface area (Å²) in [6, 6.07) is 16.4. The first-order chi connectivity index (χ1) is 11.8. The van der Waals surface area contributed by atoms with E-state index < -0.39 is 0 Å². The van der Waals surface area contributed by atoms with Gasteiger partial charge in [0.15, 0.2) is 0 Å². The molecule has 25 heavy (non-hydrogen) atoms. The Morgan fingerprint density at radius 2 is 1.64 bits per heavy atom. The third-order valence-electron chi connectivity index (χ3n) is 4.56. The van der Waals surface area contributed by atoms with Gasteiger partial charge in [-0.05, 0) is 52.7 Å². The van der Waals surface area contributed by atoms with Crippen LogP contribution in [0.5, 0.6) is 0 Å². The average Bonchev–Trinajstić information content (AvgIpc) is 2.59. The molecule has 0 spiro atoms. The molecule has 2 heteroatoms. The lowest BCUT2D eigenvalue weighted by Gasteiger charge is -2.18. The van der Waals surface area contributed by atoms with E-state index in [0.29, 0.717) is 5.92 Å². The summed E-state index contributed by atoms with van der Waals surface area (Å²) < 4.78 is 0. The number of benzene rings is 2. The van der Waals surface area contributed by atoms with Crippen molar-refractivity contribution >= 4 is 17.7 Å². The minimum atomic E-state index is -0.115.